The Kier molecular flexibility index (Phi) is 4.56. The summed E-state index contributed by atoms with van der Waals surface area (Å²) in [5, 5.41) is 20.0. The lowest BCUT2D eigenvalue weighted by molar-refractivity contribution is -0.436. The van der Waals surface area contributed by atoms with E-state index in [1.165, 1.54) is 11.9 Å². The molecular formula is C24H21N5O4. The molecule has 5 rings (SSSR count). The van der Waals surface area contributed by atoms with Gasteiger partial charge < -0.3 is 15.0 Å². The van der Waals surface area contributed by atoms with Gasteiger partial charge in [0.2, 0.25) is 11.3 Å². The van der Waals surface area contributed by atoms with Crippen molar-refractivity contribution < 1.29 is 14.5 Å². The average molecular weight is 443 g/mol. The maximum atomic E-state index is 14.2. The summed E-state index contributed by atoms with van der Waals surface area (Å²) in [5.41, 5.74) is 0.545. The SMILES string of the molecule is C=CCN1C(=O)C2(C([N+](=O)[O-])=C(NC)Oc3c2c(C)nn3-c2ccccc2)c2ccccc21. The number of amides is 1. The third-order valence-corrected chi connectivity index (χ3v) is 6.05. The summed E-state index contributed by atoms with van der Waals surface area (Å²) in [6.07, 6.45) is 1.60. The standard InChI is InChI=1S/C24H21N5O4/c1-4-14-27-18-13-9-8-12-17(18)24(23(27)30)19-15(2)26-28(16-10-6-5-7-11-16)22(19)33-21(25-3)20(24)29(31)32/h4-13,25H,1,14H2,2-3H3. The lowest BCUT2D eigenvalue weighted by atomic mass is 9.71. The van der Waals surface area contributed by atoms with E-state index in [9.17, 15) is 14.9 Å². The Hall–Kier alpha value is -4.40. The number of nitrogens with one attached hydrogen (secondary N) is 1. The molecule has 9 nitrogen and oxygen atoms in total. The van der Waals surface area contributed by atoms with Crippen molar-refractivity contribution in [3.63, 3.8) is 0 Å². The molecule has 1 amide bonds. The summed E-state index contributed by atoms with van der Waals surface area (Å²) < 4.78 is 7.62. The van der Waals surface area contributed by atoms with Crippen molar-refractivity contribution in [3.8, 4) is 11.6 Å². The molecule has 2 aromatic carbocycles. The van der Waals surface area contributed by atoms with E-state index in [2.05, 4.69) is 17.0 Å². The van der Waals surface area contributed by atoms with Crippen molar-refractivity contribution >= 4 is 11.6 Å². The molecule has 1 spiro atoms. The number of hydrogen-bond acceptors (Lipinski definition) is 6. The van der Waals surface area contributed by atoms with Gasteiger partial charge in [0.05, 0.1) is 21.9 Å². The first kappa shape index (κ1) is 20.5. The van der Waals surface area contributed by atoms with Gasteiger partial charge in [0.15, 0.2) is 0 Å². The quantitative estimate of drug-likeness (QED) is 0.369. The molecule has 166 valence electrons. The summed E-state index contributed by atoms with van der Waals surface area (Å²) in [4.78, 5) is 27.7. The Bertz CT molecular complexity index is 1340. The minimum absolute atomic E-state index is 0.104. The van der Waals surface area contributed by atoms with Gasteiger partial charge in [-0.2, -0.15) is 5.10 Å². The van der Waals surface area contributed by atoms with Gasteiger partial charge in [0.25, 0.3) is 11.8 Å². The summed E-state index contributed by atoms with van der Waals surface area (Å²) in [6.45, 7) is 5.70. The van der Waals surface area contributed by atoms with E-state index in [0.717, 1.165) is 0 Å². The van der Waals surface area contributed by atoms with Crippen LogP contribution in [0.1, 0.15) is 16.8 Å². The molecule has 0 saturated heterocycles. The molecule has 33 heavy (non-hydrogen) atoms. The van der Waals surface area contributed by atoms with Crippen molar-refractivity contribution in [2.75, 3.05) is 18.5 Å². The number of benzene rings is 2. The molecule has 0 fully saturated rings. The van der Waals surface area contributed by atoms with Gasteiger partial charge in [-0.25, -0.2) is 4.68 Å². The Morgan fingerprint density at radius 3 is 2.58 bits per heavy atom. The maximum absolute atomic E-state index is 14.2. The number of para-hydroxylation sites is 2. The number of aromatic nitrogens is 2. The Morgan fingerprint density at radius 1 is 1.21 bits per heavy atom. The number of fused-ring (bicyclic) bond motifs is 4. The van der Waals surface area contributed by atoms with Crippen LogP contribution >= 0.6 is 0 Å². The van der Waals surface area contributed by atoms with E-state index in [4.69, 9.17) is 4.74 Å². The van der Waals surface area contributed by atoms with Crippen LogP contribution in [0, 0.1) is 17.0 Å². The average Bonchev–Trinajstić information content (AvgIpc) is 3.28. The minimum Gasteiger partial charge on any atom is -0.416 e. The van der Waals surface area contributed by atoms with Crippen LogP contribution in [0.3, 0.4) is 0 Å². The largest absolute Gasteiger partial charge is 0.416 e. The van der Waals surface area contributed by atoms with E-state index in [1.807, 2.05) is 30.3 Å². The molecule has 9 heteroatoms. The number of hydrogen-bond donors (Lipinski definition) is 1. The second-order valence-electron chi connectivity index (χ2n) is 7.77. The van der Waals surface area contributed by atoms with E-state index >= 15 is 0 Å². The summed E-state index contributed by atoms with van der Waals surface area (Å²) >= 11 is 0. The maximum Gasteiger partial charge on any atom is 0.330 e. The van der Waals surface area contributed by atoms with Gasteiger partial charge in [-0.3, -0.25) is 14.9 Å². The van der Waals surface area contributed by atoms with E-state index < -0.39 is 16.2 Å². The normalized spacial score (nSPS) is 18.7. The first-order valence-electron chi connectivity index (χ1n) is 10.4. The molecule has 1 atom stereocenters. The van der Waals surface area contributed by atoms with Crippen LogP contribution in [-0.2, 0) is 10.2 Å². The summed E-state index contributed by atoms with van der Waals surface area (Å²) in [5.74, 6) is -0.284. The smallest absolute Gasteiger partial charge is 0.330 e. The topological polar surface area (TPSA) is 103 Å². The molecule has 3 heterocycles. The third kappa shape index (κ3) is 2.59. The number of nitrogens with zero attached hydrogens (tertiary/aromatic N) is 4. The predicted molar refractivity (Wildman–Crippen MR) is 122 cm³/mol. The monoisotopic (exact) mass is 443 g/mol. The van der Waals surface area contributed by atoms with Crippen molar-refractivity contribution in [2.45, 2.75) is 12.3 Å². The lowest BCUT2D eigenvalue weighted by Gasteiger charge is -2.31. The molecule has 0 saturated carbocycles. The van der Waals surface area contributed by atoms with Crippen LogP contribution in [-0.4, -0.2) is 34.2 Å². The second kappa shape index (κ2) is 7.33. The Morgan fingerprint density at radius 2 is 1.91 bits per heavy atom. The first-order chi connectivity index (χ1) is 16.0. The highest BCUT2D eigenvalue weighted by molar-refractivity contribution is 6.13. The highest BCUT2D eigenvalue weighted by Gasteiger charge is 2.66. The van der Waals surface area contributed by atoms with Gasteiger partial charge >= 0.3 is 5.70 Å². The minimum atomic E-state index is -1.73. The van der Waals surface area contributed by atoms with E-state index in [-0.39, 0.29) is 24.0 Å². The number of ether oxygens (including phenoxy) is 1. The van der Waals surface area contributed by atoms with Gasteiger partial charge in [0, 0.05) is 24.8 Å². The number of anilines is 1. The summed E-state index contributed by atoms with van der Waals surface area (Å²) in [7, 11) is 1.53. The first-order valence-corrected chi connectivity index (χ1v) is 10.4. The van der Waals surface area contributed by atoms with Crippen LogP contribution in [0.5, 0.6) is 5.88 Å². The summed E-state index contributed by atoms with van der Waals surface area (Å²) in [6, 6.07) is 16.4. The van der Waals surface area contributed by atoms with Gasteiger partial charge in [-0.15, -0.1) is 6.58 Å². The number of nitro groups is 1. The van der Waals surface area contributed by atoms with Crippen LogP contribution in [0.2, 0.25) is 0 Å². The highest BCUT2D eigenvalue weighted by Crippen LogP contribution is 2.56. The molecular weight excluding hydrogens is 422 g/mol. The molecule has 2 aliphatic heterocycles. The molecule has 0 radical (unpaired) electrons. The van der Waals surface area contributed by atoms with Gasteiger partial charge in [0.1, 0.15) is 0 Å². The van der Waals surface area contributed by atoms with Gasteiger partial charge in [-0.1, -0.05) is 42.5 Å². The zero-order valence-electron chi connectivity index (χ0n) is 18.1. The Labute approximate surface area is 189 Å². The number of carbonyl (C=O) groups is 1. The van der Waals surface area contributed by atoms with Crippen molar-refractivity contribution in [1.82, 2.24) is 15.1 Å². The fourth-order valence-electron chi connectivity index (χ4n) is 4.83. The predicted octanol–water partition coefficient (Wildman–Crippen LogP) is 3.06. The van der Waals surface area contributed by atoms with Crippen LogP contribution in [0.25, 0.3) is 5.69 Å². The van der Waals surface area contributed by atoms with Crippen LogP contribution in [0.15, 0.2) is 78.8 Å². The second-order valence-corrected chi connectivity index (χ2v) is 7.77. The van der Waals surface area contributed by atoms with Gasteiger partial charge in [-0.05, 0) is 25.1 Å². The fourth-order valence-corrected chi connectivity index (χ4v) is 4.83. The van der Waals surface area contributed by atoms with E-state index in [1.54, 1.807) is 41.9 Å². The van der Waals surface area contributed by atoms with Crippen molar-refractivity contribution in [2.24, 2.45) is 0 Å². The van der Waals surface area contributed by atoms with Crippen LogP contribution < -0.4 is 15.0 Å². The molecule has 1 unspecified atom stereocenters. The van der Waals surface area contributed by atoms with Crippen molar-refractivity contribution in [1.29, 1.82) is 0 Å². The van der Waals surface area contributed by atoms with E-state index in [0.29, 0.717) is 28.2 Å². The fraction of sp³-hybridized carbons (Fsp3) is 0.167. The highest BCUT2D eigenvalue weighted by atomic mass is 16.6. The number of carbonyl (C=O) groups excluding carboxylic acids is 1. The number of rotatable bonds is 5. The third-order valence-electron chi connectivity index (χ3n) is 6.05. The number of aryl methyl sites for hydroxylation is 1. The van der Waals surface area contributed by atoms with Crippen LogP contribution in [0.4, 0.5) is 5.69 Å². The molecule has 3 aromatic rings. The molecule has 0 bridgehead atoms. The molecule has 0 aliphatic carbocycles. The molecule has 1 N–H and O–H groups in total. The molecule has 2 aliphatic rings. The zero-order valence-corrected chi connectivity index (χ0v) is 18.1. The zero-order chi connectivity index (χ0) is 23.3. The van der Waals surface area contributed by atoms with Crippen molar-refractivity contribution in [3.05, 3.63) is 106 Å². The Balaban J connectivity index is 1.93. The molecule has 1 aromatic heterocycles. The lowest BCUT2D eigenvalue weighted by Crippen LogP contribution is -2.48.